The van der Waals surface area contributed by atoms with Crippen molar-refractivity contribution in [2.24, 2.45) is 11.3 Å². The molecule has 2 aliphatic rings. The molecule has 6 nitrogen and oxygen atoms in total. The van der Waals surface area contributed by atoms with Gasteiger partial charge in [-0.1, -0.05) is 30.3 Å². The molecule has 0 saturated carbocycles. The number of carbonyl (C=O) groups excluding carboxylic acids is 2. The van der Waals surface area contributed by atoms with Crippen molar-refractivity contribution in [1.29, 1.82) is 0 Å². The smallest absolute Gasteiger partial charge is 0.251 e. The molecule has 4 rings (SSSR count). The van der Waals surface area contributed by atoms with Crippen molar-refractivity contribution in [3.63, 3.8) is 0 Å². The average Bonchev–Trinajstić information content (AvgIpc) is 3.08. The van der Waals surface area contributed by atoms with Gasteiger partial charge in [0.15, 0.2) is 0 Å². The lowest BCUT2D eigenvalue weighted by Crippen LogP contribution is -2.63. The molecule has 30 heavy (non-hydrogen) atoms. The van der Waals surface area contributed by atoms with Crippen LogP contribution in [-0.4, -0.2) is 68.5 Å². The molecule has 2 amide bonds. The quantitative estimate of drug-likeness (QED) is 0.796. The molecular weight excluding hydrogens is 378 g/mol. The van der Waals surface area contributed by atoms with E-state index in [1.165, 1.54) is 0 Å². The molecule has 0 aliphatic carbocycles. The maximum absolute atomic E-state index is 12.7. The Bertz CT molecular complexity index is 892. The number of methoxy groups -OCH3 is 1. The Balaban J connectivity index is 1.32. The summed E-state index contributed by atoms with van der Waals surface area (Å²) in [6.45, 7) is 4.07. The first-order chi connectivity index (χ1) is 14.5. The van der Waals surface area contributed by atoms with Crippen LogP contribution >= 0.6 is 0 Å². The van der Waals surface area contributed by atoms with Crippen molar-refractivity contribution in [2.45, 2.75) is 6.42 Å². The van der Waals surface area contributed by atoms with Crippen molar-refractivity contribution in [3.8, 4) is 5.75 Å². The van der Waals surface area contributed by atoms with Crippen LogP contribution in [0.1, 0.15) is 15.9 Å². The van der Waals surface area contributed by atoms with Crippen LogP contribution in [0.25, 0.3) is 0 Å². The Labute approximate surface area is 177 Å². The van der Waals surface area contributed by atoms with Crippen LogP contribution in [0.5, 0.6) is 5.75 Å². The Morgan fingerprint density at radius 1 is 1.07 bits per heavy atom. The molecule has 0 bridgehead atoms. The highest BCUT2D eigenvalue weighted by molar-refractivity contribution is 5.94. The molecule has 2 fully saturated rings. The molecule has 2 aliphatic heterocycles. The van der Waals surface area contributed by atoms with Gasteiger partial charge in [0.25, 0.3) is 5.91 Å². The third kappa shape index (κ3) is 4.19. The van der Waals surface area contributed by atoms with Crippen LogP contribution in [-0.2, 0) is 11.2 Å². The van der Waals surface area contributed by atoms with E-state index in [4.69, 9.17) is 4.74 Å². The molecule has 0 radical (unpaired) electrons. The molecule has 6 heteroatoms. The van der Waals surface area contributed by atoms with Crippen LogP contribution < -0.4 is 10.1 Å². The molecule has 2 heterocycles. The predicted octanol–water partition coefficient (Wildman–Crippen LogP) is 2.06. The molecule has 1 N–H and O–H groups in total. The standard InChI is InChI=1S/C24H29N3O3/c1-26-14-20(13-25-23(29)19-6-4-3-5-7-19)24(15-26)16-27(17-24)22(28)12-18-8-10-21(30-2)11-9-18/h3-11,20H,12-17H2,1-2H3,(H,25,29). The second-order valence-electron chi connectivity index (χ2n) is 8.61. The lowest BCUT2D eigenvalue weighted by Gasteiger charge is -2.51. The Hall–Kier alpha value is -2.86. The van der Waals surface area contributed by atoms with E-state index >= 15 is 0 Å². The Morgan fingerprint density at radius 2 is 1.77 bits per heavy atom. The molecule has 1 unspecified atom stereocenters. The Kier molecular flexibility index (Phi) is 5.77. The van der Waals surface area contributed by atoms with Gasteiger partial charge in [0.2, 0.25) is 5.91 Å². The summed E-state index contributed by atoms with van der Waals surface area (Å²) < 4.78 is 5.18. The minimum absolute atomic E-state index is 0.0351. The van der Waals surface area contributed by atoms with Gasteiger partial charge in [-0.2, -0.15) is 0 Å². The first-order valence-electron chi connectivity index (χ1n) is 10.4. The maximum Gasteiger partial charge on any atom is 0.251 e. The molecule has 0 aromatic heterocycles. The summed E-state index contributed by atoms with van der Waals surface area (Å²) >= 11 is 0. The molecule has 158 valence electrons. The minimum Gasteiger partial charge on any atom is -0.497 e. The fourth-order valence-electron chi connectivity index (χ4n) is 4.77. The Morgan fingerprint density at radius 3 is 2.43 bits per heavy atom. The van der Waals surface area contributed by atoms with E-state index in [9.17, 15) is 9.59 Å². The second kappa shape index (κ2) is 8.48. The van der Waals surface area contributed by atoms with E-state index in [0.29, 0.717) is 24.4 Å². The normalized spacial score (nSPS) is 20.1. The molecular formula is C24H29N3O3. The molecule has 2 saturated heterocycles. The van der Waals surface area contributed by atoms with Crippen LogP contribution in [0.15, 0.2) is 54.6 Å². The monoisotopic (exact) mass is 407 g/mol. The van der Waals surface area contributed by atoms with Crippen molar-refractivity contribution >= 4 is 11.8 Å². The number of hydrogen-bond acceptors (Lipinski definition) is 4. The molecule has 2 aromatic carbocycles. The van der Waals surface area contributed by atoms with Crippen LogP contribution in [0.3, 0.4) is 0 Å². The summed E-state index contributed by atoms with van der Waals surface area (Å²) in [5, 5.41) is 3.10. The van der Waals surface area contributed by atoms with Gasteiger partial charge in [-0.15, -0.1) is 0 Å². The van der Waals surface area contributed by atoms with Gasteiger partial charge in [0, 0.05) is 43.7 Å². The molecule has 1 atom stereocenters. The molecule has 2 aromatic rings. The van der Waals surface area contributed by atoms with Gasteiger partial charge in [-0.3, -0.25) is 9.59 Å². The zero-order valence-electron chi connectivity index (χ0n) is 17.6. The number of nitrogens with zero attached hydrogens (tertiary/aromatic N) is 2. The van der Waals surface area contributed by atoms with E-state index < -0.39 is 0 Å². The van der Waals surface area contributed by atoms with Gasteiger partial charge in [0.1, 0.15) is 5.75 Å². The van der Waals surface area contributed by atoms with Gasteiger partial charge < -0.3 is 19.9 Å². The van der Waals surface area contributed by atoms with Crippen LogP contribution in [0.4, 0.5) is 0 Å². The average molecular weight is 408 g/mol. The number of likely N-dealkylation sites (tertiary alicyclic amines) is 2. The first kappa shape index (κ1) is 20.4. The first-order valence-corrected chi connectivity index (χ1v) is 10.4. The summed E-state index contributed by atoms with van der Waals surface area (Å²) in [7, 11) is 3.75. The highest BCUT2D eigenvalue weighted by atomic mass is 16.5. The molecule has 1 spiro atoms. The van der Waals surface area contributed by atoms with Gasteiger partial charge in [-0.25, -0.2) is 0 Å². The third-order valence-electron chi connectivity index (χ3n) is 6.41. The summed E-state index contributed by atoms with van der Waals surface area (Å²) in [5.41, 5.74) is 1.76. The summed E-state index contributed by atoms with van der Waals surface area (Å²) in [6.07, 6.45) is 0.408. The third-order valence-corrected chi connectivity index (χ3v) is 6.41. The largest absolute Gasteiger partial charge is 0.497 e. The number of ether oxygens (including phenoxy) is 1. The van der Waals surface area contributed by atoms with Crippen LogP contribution in [0.2, 0.25) is 0 Å². The highest BCUT2D eigenvalue weighted by Crippen LogP contribution is 2.43. The van der Waals surface area contributed by atoms with E-state index in [0.717, 1.165) is 37.5 Å². The predicted molar refractivity (Wildman–Crippen MR) is 115 cm³/mol. The number of rotatable bonds is 6. The fraction of sp³-hybridized carbons (Fsp3) is 0.417. The van der Waals surface area contributed by atoms with Crippen LogP contribution in [0, 0.1) is 11.3 Å². The number of carbonyl (C=O) groups is 2. The van der Waals surface area contributed by atoms with E-state index in [2.05, 4.69) is 17.3 Å². The van der Waals surface area contributed by atoms with E-state index in [-0.39, 0.29) is 17.2 Å². The van der Waals surface area contributed by atoms with Crippen molar-refractivity contribution in [1.82, 2.24) is 15.1 Å². The minimum atomic E-state index is -0.0351. The number of benzene rings is 2. The lowest BCUT2D eigenvalue weighted by atomic mass is 9.71. The second-order valence-corrected chi connectivity index (χ2v) is 8.61. The summed E-state index contributed by atoms with van der Waals surface area (Å²) in [5.74, 6) is 1.27. The van der Waals surface area contributed by atoms with Gasteiger partial charge in [0.05, 0.1) is 13.5 Å². The summed E-state index contributed by atoms with van der Waals surface area (Å²) in [6, 6.07) is 17.0. The lowest BCUT2D eigenvalue weighted by molar-refractivity contribution is -0.144. The number of nitrogens with one attached hydrogen (secondary N) is 1. The fourth-order valence-corrected chi connectivity index (χ4v) is 4.77. The number of amides is 2. The van der Waals surface area contributed by atoms with Crippen molar-refractivity contribution < 1.29 is 14.3 Å². The SMILES string of the molecule is COc1ccc(CC(=O)N2CC3(CN(C)CC3CNC(=O)c3ccccc3)C2)cc1. The van der Waals surface area contributed by atoms with Gasteiger partial charge >= 0.3 is 0 Å². The maximum atomic E-state index is 12.7. The van der Waals surface area contributed by atoms with E-state index in [1.54, 1.807) is 7.11 Å². The number of hydrogen-bond donors (Lipinski definition) is 1. The van der Waals surface area contributed by atoms with Crippen molar-refractivity contribution in [2.75, 3.05) is 46.9 Å². The van der Waals surface area contributed by atoms with Gasteiger partial charge in [-0.05, 0) is 42.8 Å². The zero-order chi connectivity index (χ0) is 21.1. The zero-order valence-corrected chi connectivity index (χ0v) is 17.6. The summed E-state index contributed by atoms with van der Waals surface area (Å²) in [4.78, 5) is 29.4. The topological polar surface area (TPSA) is 61.9 Å². The van der Waals surface area contributed by atoms with E-state index in [1.807, 2.05) is 59.5 Å². The highest BCUT2D eigenvalue weighted by Gasteiger charge is 2.54. The van der Waals surface area contributed by atoms with Crippen molar-refractivity contribution in [3.05, 3.63) is 65.7 Å².